The molecule has 1 aromatic carbocycles. The lowest BCUT2D eigenvalue weighted by Gasteiger charge is -2.12. The second kappa shape index (κ2) is 13.4. The molecule has 0 aromatic heterocycles. The summed E-state index contributed by atoms with van der Waals surface area (Å²) >= 11 is 0. The van der Waals surface area contributed by atoms with Gasteiger partial charge in [-0.1, -0.05) is 19.1 Å². The van der Waals surface area contributed by atoms with Crippen molar-refractivity contribution in [2.75, 3.05) is 40.3 Å². The van der Waals surface area contributed by atoms with E-state index in [9.17, 15) is 4.79 Å². The molecule has 1 aromatic rings. The third-order valence-electron chi connectivity index (χ3n) is 3.24. The molecule has 23 heavy (non-hydrogen) atoms. The highest BCUT2D eigenvalue weighted by Crippen LogP contribution is 2.12. The summed E-state index contributed by atoms with van der Waals surface area (Å²) in [6.07, 6.45) is 0.807. The molecule has 0 bridgehead atoms. The van der Waals surface area contributed by atoms with Gasteiger partial charge in [-0.15, -0.1) is 24.8 Å². The summed E-state index contributed by atoms with van der Waals surface area (Å²) in [5.74, 6) is 0.764. The molecule has 0 aliphatic rings. The van der Waals surface area contributed by atoms with Crippen molar-refractivity contribution in [3.63, 3.8) is 0 Å². The van der Waals surface area contributed by atoms with Crippen LogP contribution in [0.15, 0.2) is 24.3 Å². The van der Waals surface area contributed by atoms with E-state index in [1.807, 2.05) is 45.3 Å². The Morgan fingerprint density at radius 1 is 1.26 bits per heavy atom. The Kier molecular flexibility index (Phi) is 14.2. The smallest absolute Gasteiger partial charge is 0.224 e. The highest BCUT2D eigenvalue weighted by Gasteiger charge is 2.09. The Labute approximate surface area is 151 Å². The zero-order valence-corrected chi connectivity index (χ0v) is 15.7. The van der Waals surface area contributed by atoms with Crippen LogP contribution in [0.1, 0.15) is 12.5 Å². The fourth-order valence-electron chi connectivity index (χ4n) is 1.71. The van der Waals surface area contributed by atoms with Crippen molar-refractivity contribution < 1.29 is 9.53 Å². The van der Waals surface area contributed by atoms with Crippen LogP contribution in [-0.2, 0) is 11.2 Å². The van der Waals surface area contributed by atoms with E-state index in [0.29, 0.717) is 19.7 Å². The number of carbonyl (C=O) groups is 1. The Bertz CT molecular complexity index is 428. The first-order valence-electron chi connectivity index (χ1n) is 7.37. The Morgan fingerprint density at radius 3 is 2.39 bits per heavy atom. The van der Waals surface area contributed by atoms with E-state index in [4.69, 9.17) is 10.5 Å². The summed E-state index contributed by atoms with van der Waals surface area (Å²) in [6.45, 7) is 4.41. The standard InChI is InChI=1S/C16H27N3O2.2ClH/c1-13(12-17)16(20)18-9-8-14-4-6-15(7-5-14)21-11-10-19(2)3;;/h4-7,13H,8-12,17H2,1-3H3,(H,18,20);2*1H. The molecule has 3 N–H and O–H groups in total. The molecular formula is C16H29Cl2N3O2. The SMILES string of the molecule is CC(CN)C(=O)NCCc1ccc(OCCN(C)C)cc1.Cl.Cl. The van der Waals surface area contributed by atoms with Gasteiger partial charge in [-0.3, -0.25) is 4.79 Å². The third-order valence-corrected chi connectivity index (χ3v) is 3.24. The minimum atomic E-state index is -0.127. The van der Waals surface area contributed by atoms with Crippen molar-refractivity contribution in [3.8, 4) is 5.75 Å². The molecule has 0 saturated heterocycles. The number of carbonyl (C=O) groups excluding carboxylic acids is 1. The van der Waals surface area contributed by atoms with Gasteiger partial charge in [0.25, 0.3) is 0 Å². The van der Waals surface area contributed by atoms with Crippen LogP contribution in [-0.4, -0.2) is 51.1 Å². The maximum Gasteiger partial charge on any atom is 0.224 e. The Hall–Kier alpha value is -1.01. The number of halogens is 2. The zero-order valence-electron chi connectivity index (χ0n) is 14.1. The number of benzene rings is 1. The van der Waals surface area contributed by atoms with Crippen LogP contribution in [0.2, 0.25) is 0 Å². The van der Waals surface area contributed by atoms with E-state index in [0.717, 1.165) is 18.7 Å². The van der Waals surface area contributed by atoms with Crippen molar-refractivity contribution in [2.45, 2.75) is 13.3 Å². The van der Waals surface area contributed by atoms with E-state index in [1.54, 1.807) is 0 Å². The van der Waals surface area contributed by atoms with Gasteiger partial charge in [0.15, 0.2) is 0 Å². The van der Waals surface area contributed by atoms with Gasteiger partial charge >= 0.3 is 0 Å². The van der Waals surface area contributed by atoms with Crippen LogP contribution < -0.4 is 15.8 Å². The summed E-state index contributed by atoms with van der Waals surface area (Å²) in [5, 5.41) is 2.89. The molecule has 0 aliphatic carbocycles. The minimum Gasteiger partial charge on any atom is -0.492 e. The van der Waals surface area contributed by atoms with Crippen LogP contribution in [0, 0.1) is 5.92 Å². The molecule has 7 heteroatoms. The number of nitrogens with two attached hydrogens (primary N) is 1. The maximum atomic E-state index is 11.6. The summed E-state index contributed by atoms with van der Waals surface area (Å²) < 4.78 is 5.64. The van der Waals surface area contributed by atoms with E-state index < -0.39 is 0 Å². The van der Waals surface area contributed by atoms with E-state index in [1.165, 1.54) is 5.56 Å². The molecule has 1 rings (SSSR count). The first kappa shape index (κ1) is 24.2. The average Bonchev–Trinajstić information content (AvgIpc) is 2.47. The van der Waals surface area contributed by atoms with Crippen molar-refractivity contribution in [1.82, 2.24) is 10.2 Å². The summed E-state index contributed by atoms with van der Waals surface area (Å²) in [4.78, 5) is 13.7. The number of ether oxygens (including phenoxy) is 1. The molecule has 5 nitrogen and oxygen atoms in total. The Balaban J connectivity index is 0. The van der Waals surface area contributed by atoms with Crippen molar-refractivity contribution in [3.05, 3.63) is 29.8 Å². The van der Waals surface area contributed by atoms with Crippen molar-refractivity contribution in [2.24, 2.45) is 11.7 Å². The van der Waals surface area contributed by atoms with E-state index in [-0.39, 0.29) is 36.6 Å². The number of likely N-dealkylation sites (N-methyl/N-ethyl adjacent to an activating group) is 1. The molecule has 1 unspecified atom stereocenters. The summed E-state index contributed by atoms with van der Waals surface area (Å²) in [7, 11) is 4.04. The molecular weight excluding hydrogens is 337 g/mol. The molecule has 0 heterocycles. The van der Waals surface area contributed by atoms with Gasteiger partial charge in [0.1, 0.15) is 12.4 Å². The fraction of sp³-hybridized carbons (Fsp3) is 0.562. The van der Waals surface area contributed by atoms with Gasteiger partial charge in [0.05, 0.1) is 0 Å². The molecule has 1 amide bonds. The first-order chi connectivity index (χ1) is 10.0. The normalized spacial score (nSPS) is 11.2. The highest BCUT2D eigenvalue weighted by molar-refractivity contribution is 5.85. The minimum absolute atomic E-state index is 0. The maximum absolute atomic E-state index is 11.6. The molecule has 0 radical (unpaired) electrons. The molecule has 1 atom stereocenters. The quantitative estimate of drug-likeness (QED) is 0.699. The largest absolute Gasteiger partial charge is 0.492 e. The number of nitrogens with one attached hydrogen (secondary N) is 1. The van der Waals surface area contributed by atoms with Gasteiger partial charge in [0.2, 0.25) is 5.91 Å². The monoisotopic (exact) mass is 365 g/mol. The second-order valence-electron chi connectivity index (χ2n) is 5.47. The number of rotatable bonds is 9. The third kappa shape index (κ3) is 10.4. The van der Waals surface area contributed by atoms with Gasteiger partial charge in [0, 0.05) is 25.6 Å². The molecule has 0 saturated carbocycles. The van der Waals surface area contributed by atoms with Gasteiger partial charge in [-0.25, -0.2) is 0 Å². The van der Waals surface area contributed by atoms with Crippen LogP contribution >= 0.6 is 24.8 Å². The lowest BCUT2D eigenvalue weighted by molar-refractivity contribution is -0.124. The lowest BCUT2D eigenvalue weighted by atomic mass is 10.1. The van der Waals surface area contributed by atoms with Crippen molar-refractivity contribution >= 4 is 30.7 Å². The number of hydrogen-bond donors (Lipinski definition) is 2. The predicted octanol–water partition coefficient (Wildman–Crippen LogP) is 1.72. The molecule has 0 fully saturated rings. The van der Waals surface area contributed by atoms with Crippen LogP contribution in [0.5, 0.6) is 5.75 Å². The van der Waals surface area contributed by atoms with Gasteiger partial charge in [-0.05, 0) is 38.2 Å². The summed E-state index contributed by atoms with van der Waals surface area (Å²) in [5.41, 5.74) is 6.63. The van der Waals surface area contributed by atoms with E-state index in [2.05, 4.69) is 10.2 Å². The molecule has 134 valence electrons. The lowest BCUT2D eigenvalue weighted by Crippen LogP contribution is -2.34. The second-order valence-corrected chi connectivity index (χ2v) is 5.47. The Morgan fingerprint density at radius 2 is 1.87 bits per heavy atom. The van der Waals surface area contributed by atoms with Crippen LogP contribution in [0.4, 0.5) is 0 Å². The highest BCUT2D eigenvalue weighted by atomic mass is 35.5. The number of nitrogens with zero attached hydrogens (tertiary/aromatic N) is 1. The van der Waals surface area contributed by atoms with E-state index >= 15 is 0 Å². The zero-order chi connectivity index (χ0) is 15.7. The summed E-state index contributed by atoms with van der Waals surface area (Å²) in [6, 6.07) is 8.00. The number of amides is 1. The van der Waals surface area contributed by atoms with Crippen LogP contribution in [0.25, 0.3) is 0 Å². The fourth-order valence-corrected chi connectivity index (χ4v) is 1.71. The molecule has 0 aliphatic heterocycles. The van der Waals surface area contributed by atoms with Crippen LogP contribution in [0.3, 0.4) is 0 Å². The topological polar surface area (TPSA) is 67.6 Å². The molecule has 0 spiro atoms. The number of hydrogen-bond acceptors (Lipinski definition) is 4. The van der Waals surface area contributed by atoms with Gasteiger partial charge < -0.3 is 20.7 Å². The predicted molar refractivity (Wildman–Crippen MR) is 99.9 cm³/mol. The average molecular weight is 366 g/mol. The first-order valence-corrected chi connectivity index (χ1v) is 7.37. The van der Waals surface area contributed by atoms with Crippen molar-refractivity contribution in [1.29, 1.82) is 0 Å². The van der Waals surface area contributed by atoms with Gasteiger partial charge in [-0.2, -0.15) is 0 Å².